The molecule has 0 unspecified atom stereocenters. The average molecular weight is 222 g/mol. The fraction of sp³-hybridized carbons (Fsp3) is 0.375. The van der Waals surface area contributed by atoms with E-state index in [2.05, 4.69) is 25.4 Å². The van der Waals surface area contributed by atoms with E-state index in [9.17, 15) is 0 Å². The molecule has 0 saturated heterocycles. The molecule has 0 atom stereocenters. The summed E-state index contributed by atoms with van der Waals surface area (Å²) in [6, 6.07) is 0. The van der Waals surface area contributed by atoms with Crippen LogP contribution >= 0.6 is 0 Å². The number of tetrazole rings is 1. The Morgan fingerprint density at radius 2 is 1.75 bits per heavy atom. The summed E-state index contributed by atoms with van der Waals surface area (Å²) in [5, 5.41) is 11.7. The van der Waals surface area contributed by atoms with E-state index >= 15 is 0 Å². The molecule has 2 aromatic heterocycles. The van der Waals surface area contributed by atoms with Crippen molar-refractivity contribution in [1.29, 1.82) is 0 Å². The second-order valence-corrected chi connectivity index (χ2v) is 2.87. The quantitative estimate of drug-likeness (QED) is 0.703. The molecule has 0 aliphatic rings. The lowest BCUT2D eigenvalue weighted by molar-refractivity contribution is 0.374. The molecule has 2 aromatic rings. The number of nitrogens with zero attached hydrogens (tertiary/aromatic N) is 6. The maximum atomic E-state index is 5.10. The zero-order valence-corrected chi connectivity index (χ0v) is 9.08. The number of aromatic nitrogens is 6. The molecule has 0 aliphatic carbocycles. The van der Waals surface area contributed by atoms with Gasteiger partial charge in [-0.05, 0) is 5.21 Å². The SMILES string of the molecule is COc1ncnc(OC)c1-c1nnn(C)n1. The van der Waals surface area contributed by atoms with Crippen LogP contribution in [0.5, 0.6) is 11.8 Å². The second-order valence-electron chi connectivity index (χ2n) is 2.87. The van der Waals surface area contributed by atoms with Crippen molar-refractivity contribution in [1.82, 2.24) is 30.2 Å². The summed E-state index contributed by atoms with van der Waals surface area (Å²) < 4.78 is 10.2. The van der Waals surface area contributed by atoms with Crippen molar-refractivity contribution < 1.29 is 9.47 Å². The lowest BCUT2D eigenvalue weighted by atomic mass is 10.3. The maximum Gasteiger partial charge on any atom is 0.231 e. The lowest BCUT2D eigenvalue weighted by Crippen LogP contribution is -1.99. The minimum absolute atomic E-state index is 0.347. The Balaban J connectivity index is 2.60. The molecule has 0 amide bonds. The standard InChI is InChI=1S/C8H10N6O2/c1-14-12-6(11-13-14)5-7(15-2)9-4-10-8(5)16-3/h4H,1-3H3. The van der Waals surface area contributed by atoms with Gasteiger partial charge < -0.3 is 9.47 Å². The van der Waals surface area contributed by atoms with Crippen LogP contribution < -0.4 is 9.47 Å². The molecule has 2 rings (SSSR count). The van der Waals surface area contributed by atoms with Gasteiger partial charge in [0.15, 0.2) is 0 Å². The van der Waals surface area contributed by atoms with Crippen molar-refractivity contribution in [2.75, 3.05) is 14.2 Å². The molecule has 0 aliphatic heterocycles. The smallest absolute Gasteiger partial charge is 0.231 e. The predicted molar refractivity (Wildman–Crippen MR) is 52.9 cm³/mol. The normalized spacial score (nSPS) is 10.2. The molecule has 8 heteroatoms. The first-order valence-electron chi connectivity index (χ1n) is 4.43. The van der Waals surface area contributed by atoms with Crippen molar-refractivity contribution in [3.63, 3.8) is 0 Å². The number of rotatable bonds is 3. The first-order chi connectivity index (χ1) is 7.76. The monoisotopic (exact) mass is 222 g/mol. The zero-order valence-electron chi connectivity index (χ0n) is 9.08. The Morgan fingerprint density at radius 3 is 2.19 bits per heavy atom. The van der Waals surface area contributed by atoms with E-state index in [1.165, 1.54) is 25.3 Å². The minimum Gasteiger partial charge on any atom is -0.480 e. The third-order valence-electron chi connectivity index (χ3n) is 1.90. The Hall–Kier alpha value is -2.25. The molecular formula is C8H10N6O2. The average Bonchev–Trinajstić information content (AvgIpc) is 2.74. The van der Waals surface area contributed by atoms with Gasteiger partial charge in [-0.3, -0.25) is 0 Å². The molecule has 0 radical (unpaired) electrons. The Bertz CT molecular complexity index is 475. The van der Waals surface area contributed by atoms with Crippen molar-refractivity contribution >= 4 is 0 Å². The first-order valence-corrected chi connectivity index (χ1v) is 4.43. The highest BCUT2D eigenvalue weighted by Crippen LogP contribution is 2.31. The molecule has 16 heavy (non-hydrogen) atoms. The molecule has 84 valence electrons. The molecule has 0 bridgehead atoms. The summed E-state index contributed by atoms with van der Waals surface area (Å²) in [6.07, 6.45) is 1.34. The molecule has 0 N–H and O–H groups in total. The van der Waals surface area contributed by atoms with Crippen molar-refractivity contribution in [2.24, 2.45) is 7.05 Å². The van der Waals surface area contributed by atoms with Gasteiger partial charge in [0.1, 0.15) is 11.9 Å². The first kappa shape index (κ1) is 10.3. The maximum absolute atomic E-state index is 5.10. The summed E-state index contributed by atoms with van der Waals surface area (Å²) in [4.78, 5) is 9.26. The van der Waals surface area contributed by atoms with Crippen LogP contribution in [0.2, 0.25) is 0 Å². The molecule has 0 fully saturated rings. The molecule has 2 heterocycles. The largest absolute Gasteiger partial charge is 0.480 e. The molecule has 8 nitrogen and oxygen atoms in total. The van der Waals surface area contributed by atoms with Crippen LogP contribution in [0.25, 0.3) is 11.4 Å². The highest BCUT2D eigenvalue weighted by molar-refractivity contribution is 5.66. The summed E-state index contributed by atoms with van der Waals surface area (Å²) in [7, 11) is 4.67. The summed E-state index contributed by atoms with van der Waals surface area (Å²) in [5.41, 5.74) is 0.487. The van der Waals surface area contributed by atoms with E-state index < -0.39 is 0 Å². The van der Waals surface area contributed by atoms with E-state index in [4.69, 9.17) is 9.47 Å². The van der Waals surface area contributed by atoms with Gasteiger partial charge in [0.05, 0.1) is 21.3 Å². The van der Waals surface area contributed by atoms with Crippen molar-refractivity contribution in [2.45, 2.75) is 0 Å². The Morgan fingerprint density at radius 1 is 1.12 bits per heavy atom. The summed E-state index contributed by atoms with van der Waals surface area (Å²) in [5.74, 6) is 1.05. The Labute approximate surface area is 91.2 Å². The van der Waals surface area contributed by atoms with Gasteiger partial charge in [-0.2, -0.15) is 4.80 Å². The van der Waals surface area contributed by atoms with Crippen LogP contribution in [0.15, 0.2) is 6.33 Å². The fourth-order valence-electron chi connectivity index (χ4n) is 1.24. The van der Waals surface area contributed by atoms with Crippen LogP contribution in [0.1, 0.15) is 0 Å². The van der Waals surface area contributed by atoms with Crippen molar-refractivity contribution in [3.8, 4) is 23.1 Å². The summed E-state index contributed by atoms with van der Waals surface area (Å²) in [6.45, 7) is 0. The van der Waals surface area contributed by atoms with Crippen LogP contribution in [0, 0.1) is 0 Å². The van der Waals surface area contributed by atoms with Gasteiger partial charge in [-0.25, -0.2) is 9.97 Å². The number of ether oxygens (including phenoxy) is 2. The van der Waals surface area contributed by atoms with Gasteiger partial charge in [-0.15, -0.1) is 10.2 Å². The summed E-state index contributed by atoms with van der Waals surface area (Å²) >= 11 is 0. The number of hydrogen-bond acceptors (Lipinski definition) is 7. The fourth-order valence-corrected chi connectivity index (χ4v) is 1.24. The molecule has 0 spiro atoms. The highest BCUT2D eigenvalue weighted by Gasteiger charge is 2.19. The van der Waals surface area contributed by atoms with Crippen molar-refractivity contribution in [3.05, 3.63) is 6.33 Å². The second kappa shape index (κ2) is 4.09. The van der Waals surface area contributed by atoms with Crippen LogP contribution in [0.4, 0.5) is 0 Å². The van der Waals surface area contributed by atoms with Crippen LogP contribution in [-0.2, 0) is 7.05 Å². The highest BCUT2D eigenvalue weighted by atomic mass is 16.5. The van der Waals surface area contributed by atoms with E-state index in [0.29, 0.717) is 23.1 Å². The minimum atomic E-state index is 0.347. The molecule has 0 saturated carbocycles. The predicted octanol–water partition coefficient (Wildman–Crippen LogP) is -0.316. The van der Waals surface area contributed by atoms with E-state index in [-0.39, 0.29) is 0 Å². The zero-order chi connectivity index (χ0) is 11.5. The van der Waals surface area contributed by atoms with E-state index in [1.54, 1.807) is 7.05 Å². The van der Waals surface area contributed by atoms with E-state index in [1.807, 2.05) is 0 Å². The van der Waals surface area contributed by atoms with Gasteiger partial charge in [0, 0.05) is 0 Å². The molecule has 0 aromatic carbocycles. The number of methoxy groups -OCH3 is 2. The molecular weight excluding hydrogens is 212 g/mol. The number of hydrogen-bond donors (Lipinski definition) is 0. The Kier molecular flexibility index (Phi) is 2.63. The van der Waals surface area contributed by atoms with Gasteiger partial charge >= 0.3 is 0 Å². The van der Waals surface area contributed by atoms with Crippen LogP contribution in [-0.4, -0.2) is 44.4 Å². The third kappa shape index (κ3) is 1.64. The van der Waals surface area contributed by atoms with Gasteiger partial charge in [0.2, 0.25) is 17.6 Å². The van der Waals surface area contributed by atoms with Gasteiger partial charge in [0.25, 0.3) is 0 Å². The third-order valence-corrected chi connectivity index (χ3v) is 1.90. The number of aryl methyl sites for hydroxylation is 1. The topological polar surface area (TPSA) is 87.8 Å². The lowest BCUT2D eigenvalue weighted by Gasteiger charge is -2.06. The van der Waals surface area contributed by atoms with Crippen LogP contribution in [0.3, 0.4) is 0 Å². The van der Waals surface area contributed by atoms with E-state index in [0.717, 1.165) is 0 Å². The van der Waals surface area contributed by atoms with Gasteiger partial charge in [-0.1, -0.05) is 0 Å².